The molecule has 4 aliphatic carbocycles. The maximum Gasteiger partial charge on any atom is 0.331 e. The van der Waals surface area contributed by atoms with Crippen molar-refractivity contribution in [1.29, 1.82) is 0 Å². The predicted molar refractivity (Wildman–Crippen MR) is 139 cm³/mol. The van der Waals surface area contributed by atoms with Gasteiger partial charge < -0.3 is 55.1 Å². The molecule has 0 radical (unpaired) electrons. The van der Waals surface area contributed by atoms with Crippen molar-refractivity contribution in [3.63, 3.8) is 0 Å². The Morgan fingerprint density at radius 1 is 1.02 bits per heavy atom. The maximum atomic E-state index is 12.4. The average molecular weight is 585 g/mol. The van der Waals surface area contributed by atoms with E-state index in [1.165, 1.54) is 13.0 Å². The topological polar surface area (TPSA) is 207 Å². The number of cyclic esters (lactones) is 1. The molecular weight excluding hydrogens is 540 g/mol. The number of hydrogen-bond acceptors (Lipinski definition) is 12. The van der Waals surface area contributed by atoms with Gasteiger partial charge in [0, 0.05) is 30.3 Å². The van der Waals surface area contributed by atoms with Gasteiger partial charge in [0.05, 0.1) is 47.6 Å². The first-order chi connectivity index (χ1) is 19.2. The van der Waals surface area contributed by atoms with E-state index in [1.807, 2.05) is 6.92 Å². The van der Waals surface area contributed by atoms with E-state index in [0.717, 1.165) is 5.57 Å². The van der Waals surface area contributed by atoms with Gasteiger partial charge in [0.25, 0.3) is 0 Å². The molecule has 6 rings (SSSR count). The summed E-state index contributed by atoms with van der Waals surface area (Å²) in [5.41, 5.74) is -4.46. The third-order valence-electron chi connectivity index (χ3n) is 12.2. The molecule has 8 N–H and O–H groups in total. The number of aliphatic hydroxyl groups is 8. The van der Waals surface area contributed by atoms with E-state index in [0.29, 0.717) is 19.3 Å². The second-order valence-electron chi connectivity index (χ2n) is 13.8. The van der Waals surface area contributed by atoms with Gasteiger partial charge in [0.2, 0.25) is 0 Å². The smallest absolute Gasteiger partial charge is 0.331 e. The number of carbonyl (C=O) groups is 1. The highest BCUT2D eigenvalue weighted by atomic mass is 16.7. The molecule has 4 saturated carbocycles. The first-order valence-electron chi connectivity index (χ1n) is 14.9. The molecule has 5 fully saturated rings. The zero-order valence-corrected chi connectivity index (χ0v) is 23.5. The van der Waals surface area contributed by atoms with Crippen LogP contribution >= 0.6 is 0 Å². The highest BCUT2D eigenvalue weighted by molar-refractivity contribution is 5.85. The molecule has 0 aromatic carbocycles. The number of fused-ring (bicyclic) bond motifs is 5. The fourth-order valence-corrected chi connectivity index (χ4v) is 10.1. The minimum Gasteiger partial charge on any atom is -0.458 e. The Labute approximate surface area is 238 Å². The molecular formula is C29H44O12. The van der Waals surface area contributed by atoms with E-state index in [-0.39, 0.29) is 38.2 Å². The quantitative estimate of drug-likeness (QED) is 0.140. The van der Waals surface area contributed by atoms with E-state index in [9.17, 15) is 45.6 Å². The molecule has 0 aromatic rings. The molecule has 12 heteroatoms. The summed E-state index contributed by atoms with van der Waals surface area (Å²) in [4.78, 5) is 11.8. The Bertz CT molecular complexity index is 1080. The van der Waals surface area contributed by atoms with E-state index in [2.05, 4.69) is 0 Å². The van der Waals surface area contributed by atoms with Gasteiger partial charge >= 0.3 is 5.97 Å². The first kappa shape index (κ1) is 29.9. The zero-order chi connectivity index (χ0) is 29.7. The second kappa shape index (κ2) is 9.91. The molecule has 12 nitrogen and oxygen atoms in total. The van der Waals surface area contributed by atoms with Crippen LogP contribution in [0.4, 0.5) is 0 Å². The van der Waals surface area contributed by atoms with Crippen LogP contribution in [0.15, 0.2) is 11.6 Å². The van der Waals surface area contributed by atoms with E-state index >= 15 is 0 Å². The van der Waals surface area contributed by atoms with Gasteiger partial charge in [-0.3, -0.25) is 0 Å². The highest BCUT2D eigenvalue weighted by Gasteiger charge is 2.75. The Balaban J connectivity index is 1.28. The van der Waals surface area contributed by atoms with Gasteiger partial charge in [-0.05, 0) is 56.4 Å². The lowest BCUT2D eigenvalue weighted by Gasteiger charge is -2.68. The summed E-state index contributed by atoms with van der Waals surface area (Å²) in [5.74, 6) is -1.93. The first-order valence-corrected chi connectivity index (χ1v) is 14.9. The van der Waals surface area contributed by atoms with Gasteiger partial charge in [-0.2, -0.15) is 0 Å². The van der Waals surface area contributed by atoms with Gasteiger partial charge in [-0.25, -0.2) is 4.79 Å². The lowest BCUT2D eigenvalue weighted by molar-refractivity contribution is -0.342. The fourth-order valence-electron chi connectivity index (χ4n) is 10.1. The molecule has 15 atom stereocenters. The van der Waals surface area contributed by atoms with Crippen LogP contribution in [0.5, 0.6) is 0 Å². The van der Waals surface area contributed by atoms with E-state index in [4.69, 9.17) is 14.2 Å². The molecule has 0 spiro atoms. The van der Waals surface area contributed by atoms with E-state index < -0.39 is 95.5 Å². The number of esters is 1. The van der Waals surface area contributed by atoms with Crippen molar-refractivity contribution in [2.24, 2.45) is 28.6 Å². The molecule has 0 unspecified atom stereocenters. The van der Waals surface area contributed by atoms with E-state index in [1.54, 1.807) is 0 Å². The monoisotopic (exact) mass is 584 g/mol. The van der Waals surface area contributed by atoms with Crippen molar-refractivity contribution in [1.82, 2.24) is 0 Å². The van der Waals surface area contributed by atoms with Crippen LogP contribution in [-0.4, -0.2) is 120 Å². The van der Waals surface area contributed by atoms with Gasteiger partial charge in [-0.1, -0.05) is 6.92 Å². The van der Waals surface area contributed by atoms with Crippen molar-refractivity contribution >= 4 is 5.97 Å². The van der Waals surface area contributed by atoms with Crippen molar-refractivity contribution in [2.75, 3.05) is 13.2 Å². The SMILES string of the molecule is C[C@@H]1O[C@@H](O[C@H]2C[C@H](O)[C@]3(CO)[C@H]4[C@H](O)C[C@]5(C)[C@@H](C6=CC(=O)OC6)CC[C@]5(O)[C@@H]4CC[C@]3(O)C2)[C@H](O)[C@H](O)[C@H]1O. The summed E-state index contributed by atoms with van der Waals surface area (Å²) in [6, 6.07) is 0. The third kappa shape index (κ3) is 3.99. The lowest BCUT2D eigenvalue weighted by Crippen LogP contribution is -2.76. The van der Waals surface area contributed by atoms with Crippen molar-refractivity contribution in [3.05, 3.63) is 11.6 Å². The lowest BCUT2D eigenvalue weighted by atomic mass is 9.40. The Morgan fingerprint density at radius 2 is 1.76 bits per heavy atom. The average Bonchev–Trinajstić information content (AvgIpc) is 3.45. The summed E-state index contributed by atoms with van der Waals surface area (Å²) < 4.78 is 16.7. The molecule has 2 aliphatic heterocycles. The van der Waals surface area contributed by atoms with Crippen LogP contribution in [-0.2, 0) is 19.0 Å². The third-order valence-corrected chi connectivity index (χ3v) is 12.2. The van der Waals surface area contributed by atoms with Crippen LogP contribution < -0.4 is 0 Å². The second-order valence-corrected chi connectivity index (χ2v) is 13.8. The summed E-state index contributed by atoms with van der Waals surface area (Å²) >= 11 is 0. The summed E-state index contributed by atoms with van der Waals surface area (Å²) in [5, 5.41) is 89.6. The maximum absolute atomic E-state index is 12.4. The number of aliphatic hydroxyl groups excluding tert-OH is 6. The standard InChI is InChI=1S/C29H44O12/c1-13-22(34)23(35)24(36)25(40-13)41-15-8-19(32)28(12-30)21-17(3-5-27(28,37)9-15)29(38)6-4-16(14-7-20(33)39-11-14)26(29,2)10-18(21)31/h7,13,15-19,21-25,30-32,34-38H,3-6,8-12H2,1-2H3/t13-,15-,16+,17+,18+,19-,21+,22-,23+,24+,25-,26+,27-,28+,29-/m0/s1. The van der Waals surface area contributed by atoms with Gasteiger partial charge in [0.1, 0.15) is 24.9 Å². The molecule has 2 heterocycles. The van der Waals surface area contributed by atoms with Crippen molar-refractivity contribution < 1.29 is 59.9 Å². The minimum atomic E-state index is -1.67. The molecule has 0 amide bonds. The summed E-state index contributed by atoms with van der Waals surface area (Å²) in [6.45, 7) is 3.00. The Morgan fingerprint density at radius 3 is 2.41 bits per heavy atom. The van der Waals surface area contributed by atoms with Crippen LogP contribution in [0.2, 0.25) is 0 Å². The summed E-state index contributed by atoms with van der Waals surface area (Å²) in [6.07, 6.45) is -6.68. The molecule has 232 valence electrons. The van der Waals surface area contributed by atoms with Crippen molar-refractivity contribution in [2.45, 2.75) is 119 Å². The Kier molecular flexibility index (Phi) is 7.22. The normalized spacial score (nSPS) is 56.9. The summed E-state index contributed by atoms with van der Waals surface area (Å²) in [7, 11) is 0. The van der Waals surface area contributed by atoms with Crippen molar-refractivity contribution in [3.8, 4) is 0 Å². The molecule has 0 bridgehead atoms. The van der Waals surface area contributed by atoms with Crippen LogP contribution in [0.25, 0.3) is 0 Å². The largest absolute Gasteiger partial charge is 0.458 e. The minimum absolute atomic E-state index is 0.0369. The fraction of sp³-hybridized carbons (Fsp3) is 0.897. The van der Waals surface area contributed by atoms with Crippen LogP contribution in [0.1, 0.15) is 58.8 Å². The Hall–Kier alpha value is -1.19. The van der Waals surface area contributed by atoms with Gasteiger partial charge in [0.15, 0.2) is 6.29 Å². The molecule has 41 heavy (non-hydrogen) atoms. The van der Waals surface area contributed by atoms with Crippen LogP contribution in [0.3, 0.4) is 0 Å². The van der Waals surface area contributed by atoms with Gasteiger partial charge in [-0.15, -0.1) is 0 Å². The molecule has 6 aliphatic rings. The molecule has 1 saturated heterocycles. The van der Waals surface area contributed by atoms with Crippen LogP contribution in [0, 0.1) is 28.6 Å². The predicted octanol–water partition coefficient (Wildman–Crippen LogP) is -1.51. The number of carbonyl (C=O) groups excluding carboxylic acids is 1. The molecule has 0 aromatic heterocycles. The number of hydrogen-bond donors (Lipinski definition) is 8. The number of ether oxygens (including phenoxy) is 3. The number of rotatable bonds is 4. The zero-order valence-electron chi connectivity index (χ0n) is 23.5. The highest BCUT2D eigenvalue weighted by Crippen LogP contribution is 2.70.